The van der Waals surface area contributed by atoms with Crippen LogP contribution in [-0.2, 0) is 0 Å². The van der Waals surface area contributed by atoms with Gasteiger partial charge in [-0.1, -0.05) is 58.7 Å². The number of halogens is 3. The van der Waals surface area contributed by atoms with Crippen molar-refractivity contribution in [2.75, 3.05) is 5.75 Å². The molecule has 2 aromatic heterocycles. The Morgan fingerprint density at radius 1 is 0.967 bits per heavy atom. The summed E-state index contributed by atoms with van der Waals surface area (Å²) in [7, 11) is 0. The van der Waals surface area contributed by atoms with Crippen LogP contribution in [0.1, 0.15) is 10.4 Å². The molecular weight excluding hydrogens is 463 g/mol. The molecule has 0 N–H and O–H groups in total. The molecule has 30 heavy (non-hydrogen) atoms. The van der Waals surface area contributed by atoms with E-state index < -0.39 is 0 Å². The Labute approximate surface area is 192 Å². The maximum absolute atomic E-state index is 12.6. The maximum Gasteiger partial charge on any atom is 0.196 e. The Bertz CT molecular complexity index is 1210. The number of aromatic nitrogens is 4. The average molecular weight is 476 g/mol. The minimum absolute atomic E-state index is 0.0610. The first-order chi connectivity index (χ1) is 14.5. The van der Waals surface area contributed by atoms with Crippen molar-refractivity contribution in [3.63, 3.8) is 0 Å². The highest BCUT2D eigenvalue weighted by Crippen LogP contribution is 2.31. The molecule has 0 aliphatic heterocycles. The molecule has 0 unspecified atom stereocenters. The summed E-state index contributed by atoms with van der Waals surface area (Å²) < 4.78 is 1.83. The SMILES string of the molecule is O=C(CSc1nnc(-c2cccnc2)n1-c1ccc(Cl)c(Cl)c1)c1cccc(Cl)c1. The highest BCUT2D eigenvalue weighted by Gasteiger charge is 2.18. The monoisotopic (exact) mass is 474 g/mol. The van der Waals surface area contributed by atoms with Gasteiger partial charge in [-0.25, -0.2) is 0 Å². The van der Waals surface area contributed by atoms with Gasteiger partial charge >= 0.3 is 0 Å². The van der Waals surface area contributed by atoms with E-state index in [0.717, 1.165) is 11.3 Å². The predicted molar refractivity (Wildman–Crippen MR) is 121 cm³/mol. The number of pyridine rings is 1. The van der Waals surface area contributed by atoms with E-state index in [4.69, 9.17) is 34.8 Å². The van der Waals surface area contributed by atoms with Crippen LogP contribution in [0.25, 0.3) is 17.1 Å². The van der Waals surface area contributed by atoms with Crippen LogP contribution in [0, 0.1) is 0 Å². The predicted octanol–water partition coefficient (Wildman–Crippen LogP) is 6.26. The molecule has 0 radical (unpaired) electrons. The molecule has 0 saturated heterocycles. The largest absolute Gasteiger partial charge is 0.293 e. The lowest BCUT2D eigenvalue weighted by atomic mass is 10.1. The van der Waals surface area contributed by atoms with Gasteiger partial charge in [-0.3, -0.25) is 14.3 Å². The summed E-state index contributed by atoms with van der Waals surface area (Å²) in [5.74, 6) is 0.695. The molecule has 0 fully saturated rings. The zero-order valence-electron chi connectivity index (χ0n) is 15.3. The first-order valence-electron chi connectivity index (χ1n) is 8.76. The molecule has 150 valence electrons. The molecule has 4 aromatic rings. The van der Waals surface area contributed by atoms with Gasteiger partial charge < -0.3 is 0 Å². The van der Waals surface area contributed by atoms with E-state index in [2.05, 4.69) is 15.2 Å². The number of thioether (sulfide) groups is 1. The summed E-state index contributed by atoms with van der Waals surface area (Å²) in [4.78, 5) is 16.8. The van der Waals surface area contributed by atoms with E-state index in [0.29, 0.717) is 31.6 Å². The number of carbonyl (C=O) groups is 1. The van der Waals surface area contributed by atoms with Gasteiger partial charge in [0.2, 0.25) is 0 Å². The fraction of sp³-hybridized carbons (Fsp3) is 0.0476. The number of hydrogen-bond donors (Lipinski definition) is 0. The molecule has 2 heterocycles. The number of ketones is 1. The Balaban J connectivity index is 1.70. The van der Waals surface area contributed by atoms with Crippen LogP contribution in [0.5, 0.6) is 0 Å². The Morgan fingerprint density at radius 2 is 1.83 bits per heavy atom. The van der Waals surface area contributed by atoms with Crippen LogP contribution < -0.4 is 0 Å². The van der Waals surface area contributed by atoms with E-state index >= 15 is 0 Å². The molecule has 9 heteroatoms. The normalized spacial score (nSPS) is 10.9. The third-order valence-electron chi connectivity index (χ3n) is 4.19. The molecule has 0 aliphatic carbocycles. The smallest absolute Gasteiger partial charge is 0.196 e. The van der Waals surface area contributed by atoms with Gasteiger partial charge in [-0.05, 0) is 42.5 Å². The van der Waals surface area contributed by atoms with Crippen molar-refractivity contribution in [3.05, 3.63) is 87.6 Å². The van der Waals surface area contributed by atoms with Crippen LogP contribution in [0.3, 0.4) is 0 Å². The van der Waals surface area contributed by atoms with Gasteiger partial charge in [-0.15, -0.1) is 10.2 Å². The lowest BCUT2D eigenvalue weighted by molar-refractivity contribution is 0.102. The molecule has 0 saturated carbocycles. The van der Waals surface area contributed by atoms with Crippen molar-refractivity contribution < 1.29 is 4.79 Å². The third-order valence-corrected chi connectivity index (χ3v) is 6.10. The lowest BCUT2D eigenvalue weighted by Gasteiger charge is -2.11. The van der Waals surface area contributed by atoms with Crippen LogP contribution in [0.2, 0.25) is 15.1 Å². The standard InChI is InChI=1S/C21H13Cl3N4OS/c22-15-5-1-3-13(9-15)19(29)12-30-21-27-26-20(14-4-2-8-25-11-14)28(21)16-6-7-17(23)18(24)10-16/h1-11H,12H2. The van der Waals surface area contributed by atoms with Gasteiger partial charge in [0.15, 0.2) is 16.8 Å². The molecule has 0 spiro atoms. The highest BCUT2D eigenvalue weighted by atomic mass is 35.5. The third kappa shape index (κ3) is 4.52. The van der Waals surface area contributed by atoms with Crippen LogP contribution in [0.15, 0.2) is 72.1 Å². The first-order valence-corrected chi connectivity index (χ1v) is 10.9. The highest BCUT2D eigenvalue weighted by molar-refractivity contribution is 7.99. The second-order valence-corrected chi connectivity index (χ2v) is 8.40. The van der Waals surface area contributed by atoms with Crippen molar-refractivity contribution in [1.29, 1.82) is 0 Å². The molecule has 4 rings (SSSR count). The molecular formula is C21H13Cl3N4OS. The van der Waals surface area contributed by atoms with Crippen molar-refractivity contribution in [2.24, 2.45) is 0 Å². The zero-order valence-corrected chi connectivity index (χ0v) is 18.4. The molecule has 0 aliphatic rings. The summed E-state index contributed by atoms with van der Waals surface area (Å²) in [6.45, 7) is 0. The van der Waals surface area contributed by atoms with Gasteiger partial charge in [0.25, 0.3) is 0 Å². The van der Waals surface area contributed by atoms with Crippen LogP contribution in [-0.4, -0.2) is 31.3 Å². The fourth-order valence-corrected chi connectivity index (χ4v) is 4.11. The van der Waals surface area contributed by atoms with E-state index in [9.17, 15) is 4.79 Å². The summed E-state index contributed by atoms with van der Waals surface area (Å²) in [6.07, 6.45) is 3.38. The quantitative estimate of drug-likeness (QED) is 0.243. The zero-order chi connectivity index (χ0) is 21.1. The van der Waals surface area contributed by atoms with Crippen molar-refractivity contribution in [3.8, 4) is 17.1 Å². The fourth-order valence-electron chi connectivity index (χ4n) is 2.78. The average Bonchev–Trinajstić information content (AvgIpc) is 3.18. The molecule has 5 nitrogen and oxygen atoms in total. The van der Waals surface area contributed by atoms with E-state index in [1.807, 2.05) is 22.8 Å². The van der Waals surface area contributed by atoms with Crippen LogP contribution >= 0.6 is 46.6 Å². The summed E-state index contributed by atoms with van der Waals surface area (Å²) in [5.41, 5.74) is 2.05. The van der Waals surface area contributed by atoms with E-state index in [1.165, 1.54) is 11.8 Å². The second kappa shape index (κ2) is 9.18. The summed E-state index contributed by atoms with van der Waals surface area (Å²) in [5, 5.41) is 10.5. The van der Waals surface area contributed by atoms with Gasteiger partial charge in [0, 0.05) is 28.5 Å². The minimum Gasteiger partial charge on any atom is -0.293 e. The van der Waals surface area contributed by atoms with Gasteiger partial charge in [0.05, 0.1) is 21.5 Å². The number of benzene rings is 2. The van der Waals surface area contributed by atoms with E-state index in [1.54, 1.807) is 48.8 Å². The van der Waals surface area contributed by atoms with Gasteiger partial charge in [-0.2, -0.15) is 0 Å². The lowest BCUT2D eigenvalue weighted by Crippen LogP contribution is -2.05. The Morgan fingerprint density at radius 3 is 2.57 bits per heavy atom. The molecule has 2 aromatic carbocycles. The maximum atomic E-state index is 12.6. The van der Waals surface area contributed by atoms with Crippen molar-refractivity contribution in [2.45, 2.75) is 5.16 Å². The Kier molecular flexibility index (Phi) is 6.39. The van der Waals surface area contributed by atoms with Crippen molar-refractivity contribution in [1.82, 2.24) is 19.7 Å². The van der Waals surface area contributed by atoms with Gasteiger partial charge in [0.1, 0.15) is 0 Å². The first kappa shape index (κ1) is 20.9. The van der Waals surface area contributed by atoms with Crippen LogP contribution in [0.4, 0.5) is 0 Å². The molecule has 0 atom stereocenters. The minimum atomic E-state index is -0.0610. The number of Topliss-reactive ketones (excluding diaryl/α,β-unsaturated/α-hetero) is 1. The summed E-state index contributed by atoms with van der Waals surface area (Å²) >= 11 is 19.6. The number of hydrogen-bond acceptors (Lipinski definition) is 5. The second-order valence-electron chi connectivity index (χ2n) is 6.20. The molecule has 0 bridgehead atoms. The number of rotatable bonds is 6. The van der Waals surface area contributed by atoms with E-state index in [-0.39, 0.29) is 11.5 Å². The molecule has 0 amide bonds. The topological polar surface area (TPSA) is 60.7 Å². The van der Waals surface area contributed by atoms with Crippen molar-refractivity contribution >= 4 is 52.3 Å². The Hall–Kier alpha value is -2.38. The number of carbonyl (C=O) groups excluding carboxylic acids is 1. The number of nitrogens with zero attached hydrogens (tertiary/aromatic N) is 4. The summed E-state index contributed by atoms with van der Waals surface area (Å²) in [6, 6.07) is 15.8.